The molecule has 0 fully saturated rings. The van der Waals surface area contributed by atoms with E-state index in [9.17, 15) is 4.79 Å². The molecule has 2 heterocycles. The van der Waals surface area contributed by atoms with Crippen LogP contribution in [0, 0.1) is 11.3 Å². The molecule has 0 unspecified atom stereocenters. The molecule has 2 N–H and O–H groups in total. The van der Waals surface area contributed by atoms with E-state index in [0.29, 0.717) is 17.8 Å². The predicted octanol–water partition coefficient (Wildman–Crippen LogP) is 1.90. The molecule has 0 amide bonds. The van der Waals surface area contributed by atoms with E-state index < -0.39 is 0 Å². The Morgan fingerprint density at radius 3 is 2.88 bits per heavy atom. The molecule has 120 valence electrons. The van der Waals surface area contributed by atoms with Gasteiger partial charge in [-0.15, -0.1) is 11.3 Å². The Balaban J connectivity index is 2.17. The summed E-state index contributed by atoms with van der Waals surface area (Å²) < 4.78 is 1.47. The Bertz CT molecular complexity index is 966. The van der Waals surface area contributed by atoms with Gasteiger partial charge in [0.1, 0.15) is 17.9 Å². The number of quaternary nitrogens is 1. The predicted molar refractivity (Wildman–Crippen MR) is 95.6 cm³/mol. The van der Waals surface area contributed by atoms with Crippen LogP contribution in [0.5, 0.6) is 0 Å². The van der Waals surface area contributed by atoms with Crippen molar-refractivity contribution in [3.05, 3.63) is 64.5 Å². The molecular formula is C18H17N4OS+. The number of fused-ring (bicyclic) bond motifs is 1. The number of nitriles is 1. The van der Waals surface area contributed by atoms with E-state index in [-0.39, 0.29) is 12.1 Å². The zero-order valence-electron chi connectivity index (χ0n) is 13.1. The van der Waals surface area contributed by atoms with Crippen LogP contribution in [0.4, 0.5) is 0 Å². The van der Waals surface area contributed by atoms with Gasteiger partial charge >= 0.3 is 0 Å². The molecule has 0 aliphatic carbocycles. The van der Waals surface area contributed by atoms with Gasteiger partial charge in [0.05, 0.1) is 18.0 Å². The smallest absolute Gasteiger partial charge is 0.264 e. The fourth-order valence-corrected chi connectivity index (χ4v) is 3.57. The van der Waals surface area contributed by atoms with Crippen molar-refractivity contribution in [1.82, 2.24) is 9.55 Å². The van der Waals surface area contributed by atoms with E-state index in [1.807, 2.05) is 41.0 Å². The molecule has 1 aromatic carbocycles. The third kappa shape index (κ3) is 3.00. The van der Waals surface area contributed by atoms with Crippen LogP contribution in [0.15, 0.2) is 53.2 Å². The number of benzene rings is 1. The van der Waals surface area contributed by atoms with Gasteiger partial charge in [-0.1, -0.05) is 36.9 Å². The second kappa shape index (κ2) is 7.21. The number of thiophene rings is 1. The number of aromatic nitrogens is 2. The van der Waals surface area contributed by atoms with Crippen LogP contribution >= 0.6 is 11.3 Å². The first-order chi connectivity index (χ1) is 11.8. The van der Waals surface area contributed by atoms with Crippen LogP contribution in [-0.4, -0.2) is 16.1 Å². The third-order valence-electron chi connectivity index (χ3n) is 3.75. The molecule has 0 bridgehead atoms. The fourth-order valence-electron chi connectivity index (χ4n) is 2.62. The number of hydrogen-bond acceptors (Lipinski definition) is 4. The first-order valence-electron chi connectivity index (χ1n) is 7.62. The zero-order chi connectivity index (χ0) is 16.9. The van der Waals surface area contributed by atoms with Gasteiger partial charge in [-0.25, -0.2) is 4.98 Å². The second-order valence-corrected chi connectivity index (χ2v) is 6.15. The summed E-state index contributed by atoms with van der Waals surface area (Å²) in [4.78, 5) is 18.3. The fraction of sp³-hybridized carbons (Fsp3) is 0.167. The number of nitrogens with zero attached hydrogens (tertiary/aromatic N) is 3. The van der Waals surface area contributed by atoms with Crippen LogP contribution < -0.4 is 10.9 Å². The first kappa shape index (κ1) is 16.1. The van der Waals surface area contributed by atoms with Crippen molar-refractivity contribution in [2.24, 2.45) is 0 Å². The van der Waals surface area contributed by atoms with Crippen molar-refractivity contribution in [3.8, 4) is 17.2 Å². The van der Waals surface area contributed by atoms with Crippen LogP contribution in [0.25, 0.3) is 21.3 Å². The highest BCUT2D eigenvalue weighted by Crippen LogP contribution is 2.30. The minimum Gasteiger partial charge on any atom is -0.337 e. The first-order valence-corrected chi connectivity index (χ1v) is 8.50. The molecule has 2 aromatic heterocycles. The van der Waals surface area contributed by atoms with Gasteiger partial charge in [0, 0.05) is 10.9 Å². The maximum Gasteiger partial charge on any atom is 0.264 e. The lowest BCUT2D eigenvalue weighted by molar-refractivity contribution is -0.663. The molecule has 3 aromatic rings. The molecule has 0 radical (unpaired) electrons. The van der Waals surface area contributed by atoms with Gasteiger partial charge in [-0.3, -0.25) is 9.36 Å². The minimum atomic E-state index is -0.149. The zero-order valence-corrected chi connectivity index (χ0v) is 13.9. The summed E-state index contributed by atoms with van der Waals surface area (Å²) in [5.74, 6) is 0.623. The van der Waals surface area contributed by atoms with Crippen molar-refractivity contribution < 1.29 is 5.32 Å². The highest BCUT2D eigenvalue weighted by Gasteiger charge is 2.17. The summed E-state index contributed by atoms with van der Waals surface area (Å²) in [7, 11) is 0. The van der Waals surface area contributed by atoms with Crippen molar-refractivity contribution in [1.29, 1.82) is 5.26 Å². The van der Waals surface area contributed by atoms with Crippen LogP contribution in [-0.2, 0) is 13.1 Å². The topological polar surface area (TPSA) is 75.3 Å². The lowest BCUT2D eigenvalue weighted by atomic mass is 10.1. The number of nitrogens with two attached hydrogens (primary N) is 1. The third-order valence-corrected chi connectivity index (χ3v) is 4.62. The van der Waals surface area contributed by atoms with Crippen LogP contribution in [0.3, 0.4) is 0 Å². The number of hydrogen-bond donors (Lipinski definition) is 1. The Kier molecular flexibility index (Phi) is 4.85. The molecular weight excluding hydrogens is 320 g/mol. The normalized spacial score (nSPS) is 10.6. The summed E-state index contributed by atoms with van der Waals surface area (Å²) >= 11 is 1.46. The Labute approximate surface area is 143 Å². The molecule has 0 spiro atoms. The Hall–Kier alpha value is -2.75. The van der Waals surface area contributed by atoms with Crippen molar-refractivity contribution in [2.75, 3.05) is 6.54 Å². The van der Waals surface area contributed by atoms with E-state index in [1.165, 1.54) is 15.9 Å². The molecule has 0 saturated heterocycles. The van der Waals surface area contributed by atoms with Gasteiger partial charge in [-0.05, 0) is 11.6 Å². The largest absolute Gasteiger partial charge is 0.337 e. The van der Waals surface area contributed by atoms with Crippen molar-refractivity contribution in [2.45, 2.75) is 13.1 Å². The highest BCUT2D eigenvalue weighted by molar-refractivity contribution is 7.17. The average molecular weight is 337 g/mol. The Morgan fingerprint density at radius 2 is 2.17 bits per heavy atom. The monoisotopic (exact) mass is 337 g/mol. The van der Waals surface area contributed by atoms with Crippen LogP contribution in [0.2, 0.25) is 0 Å². The average Bonchev–Trinajstić information content (AvgIpc) is 3.03. The summed E-state index contributed by atoms with van der Waals surface area (Å²) in [5, 5.41) is 13.6. The lowest BCUT2D eigenvalue weighted by Gasteiger charge is -2.08. The summed E-state index contributed by atoms with van der Waals surface area (Å²) in [6, 6.07) is 11.8. The van der Waals surface area contributed by atoms with Gasteiger partial charge in [0.25, 0.3) is 5.56 Å². The maximum atomic E-state index is 13.0. The second-order valence-electron chi connectivity index (χ2n) is 5.29. The standard InChI is InChI=1S/C18H16N4OS/c1-2-9-20-11-15-21-17-16(18(23)22(15)10-8-19)14(12-24-17)13-6-4-3-5-7-13/h2-7,12,20H,1,9-11H2/p+1. The van der Waals surface area contributed by atoms with Crippen molar-refractivity contribution in [3.63, 3.8) is 0 Å². The maximum absolute atomic E-state index is 13.0. The minimum absolute atomic E-state index is 0.00309. The van der Waals surface area contributed by atoms with E-state index in [1.54, 1.807) is 6.08 Å². The molecule has 5 nitrogen and oxygen atoms in total. The Morgan fingerprint density at radius 1 is 1.38 bits per heavy atom. The molecule has 0 aliphatic rings. The summed E-state index contributed by atoms with van der Waals surface area (Å²) in [5.41, 5.74) is 1.71. The highest BCUT2D eigenvalue weighted by atomic mass is 32.1. The van der Waals surface area contributed by atoms with Gasteiger partial charge in [0.15, 0.2) is 5.82 Å². The van der Waals surface area contributed by atoms with E-state index >= 15 is 0 Å². The quantitative estimate of drug-likeness (QED) is 0.551. The molecule has 0 atom stereocenters. The van der Waals surface area contributed by atoms with Crippen LogP contribution in [0.1, 0.15) is 5.82 Å². The van der Waals surface area contributed by atoms with Crippen molar-refractivity contribution >= 4 is 21.6 Å². The SMILES string of the molecule is C=CC[NH2+]Cc1nc2scc(-c3ccccc3)c2c(=O)n1CC#N. The summed E-state index contributed by atoms with van der Waals surface area (Å²) in [6.07, 6.45) is 1.80. The molecule has 6 heteroatoms. The molecule has 0 aliphatic heterocycles. The van der Waals surface area contributed by atoms with E-state index in [2.05, 4.69) is 17.6 Å². The number of rotatable bonds is 6. The van der Waals surface area contributed by atoms with Gasteiger partial charge < -0.3 is 5.32 Å². The molecule has 0 saturated carbocycles. The van der Waals surface area contributed by atoms with E-state index in [0.717, 1.165) is 22.5 Å². The molecule has 3 rings (SSSR count). The molecule has 24 heavy (non-hydrogen) atoms. The van der Waals surface area contributed by atoms with Gasteiger partial charge in [0.2, 0.25) is 0 Å². The van der Waals surface area contributed by atoms with Gasteiger partial charge in [-0.2, -0.15) is 5.26 Å². The van der Waals surface area contributed by atoms with E-state index in [4.69, 9.17) is 5.26 Å². The summed E-state index contributed by atoms with van der Waals surface area (Å²) in [6.45, 7) is 4.96. The lowest BCUT2D eigenvalue weighted by Crippen LogP contribution is -2.82.